The van der Waals surface area contributed by atoms with E-state index in [0.717, 1.165) is 17.7 Å². The second-order valence-electron chi connectivity index (χ2n) is 7.24. The SMILES string of the molecule is CC1=C(C)C[C@](SCc2ccccc2)(C(=O)NCc2ccccc2)[C@@H](Cl)C1. The fourth-order valence-electron chi connectivity index (χ4n) is 3.41. The second kappa shape index (κ2) is 8.99. The lowest BCUT2D eigenvalue weighted by Gasteiger charge is -2.40. The molecular formula is C23H26ClNOS. The van der Waals surface area contributed by atoms with E-state index >= 15 is 0 Å². The number of hydrogen-bond donors (Lipinski definition) is 1. The van der Waals surface area contributed by atoms with Gasteiger partial charge in [-0.3, -0.25) is 4.79 Å². The molecule has 0 aromatic heterocycles. The molecule has 0 radical (unpaired) electrons. The van der Waals surface area contributed by atoms with Crippen LogP contribution in [0.1, 0.15) is 37.8 Å². The van der Waals surface area contributed by atoms with Crippen LogP contribution in [-0.4, -0.2) is 16.0 Å². The lowest BCUT2D eigenvalue weighted by molar-refractivity contribution is -0.123. The molecule has 3 rings (SSSR count). The molecule has 2 nitrogen and oxygen atoms in total. The van der Waals surface area contributed by atoms with Gasteiger partial charge < -0.3 is 5.32 Å². The standard InChI is InChI=1S/C23H26ClNOS/c1-17-13-21(24)23(14-18(17)2,27-16-20-11-7-4-8-12-20)22(26)25-15-19-9-5-3-6-10-19/h3-12,21H,13-16H2,1-2H3,(H,25,26)/t21-,23+/m0/s1. The number of carbonyl (C=O) groups excluding carboxylic acids is 1. The van der Waals surface area contributed by atoms with Crippen molar-refractivity contribution in [1.29, 1.82) is 0 Å². The Morgan fingerprint density at radius 1 is 1.04 bits per heavy atom. The van der Waals surface area contributed by atoms with Crippen LogP contribution in [0.2, 0.25) is 0 Å². The molecule has 0 heterocycles. The first-order valence-corrected chi connectivity index (χ1v) is 10.7. The molecule has 0 spiro atoms. The van der Waals surface area contributed by atoms with Gasteiger partial charge in [0, 0.05) is 12.3 Å². The monoisotopic (exact) mass is 399 g/mol. The van der Waals surface area contributed by atoms with Crippen molar-refractivity contribution in [2.24, 2.45) is 0 Å². The van der Waals surface area contributed by atoms with Gasteiger partial charge in [-0.1, -0.05) is 71.8 Å². The van der Waals surface area contributed by atoms with E-state index < -0.39 is 4.75 Å². The van der Waals surface area contributed by atoms with Crippen LogP contribution in [0.25, 0.3) is 0 Å². The van der Waals surface area contributed by atoms with E-state index in [0.29, 0.717) is 13.0 Å². The fraction of sp³-hybridized carbons (Fsp3) is 0.348. The van der Waals surface area contributed by atoms with Crippen molar-refractivity contribution < 1.29 is 4.79 Å². The van der Waals surface area contributed by atoms with Gasteiger partial charge in [0.25, 0.3) is 0 Å². The van der Waals surface area contributed by atoms with E-state index in [2.05, 4.69) is 31.3 Å². The molecule has 1 aliphatic rings. The van der Waals surface area contributed by atoms with Gasteiger partial charge >= 0.3 is 0 Å². The number of hydrogen-bond acceptors (Lipinski definition) is 2. The zero-order valence-electron chi connectivity index (χ0n) is 15.9. The van der Waals surface area contributed by atoms with Crippen LogP contribution in [0.15, 0.2) is 71.8 Å². The molecule has 2 aromatic rings. The molecule has 0 unspecified atom stereocenters. The van der Waals surface area contributed by atoms with Crippen molar-refractivity contribution in [3.8, 4) is 0 Å². The van der Waals surface area contributed by atoms with Crippen LogP contribution < -0.4 is 5.32 Å². The summed E-state index contributed by atoms with van der Waals surface area (Å²) in [7, 11) is 0. The Bertz CT molecular complexity index is 806. The molecule has 0 saturated carbocycles. The number of halogens is 1. The number of thioether (sulfide) groups is 1. The third kappa shape index (κ3) is 4.77. The molecule has 142 valence electrons. The minimum Gasteiger partial charge on any atom is -0.351 e. The van der Waals surface area contributed by atoms with E-state index in [-0.39, 0.29) is 11.3 Å². The number of amides is 1. The Hall–Kier alpha value is -1.71. The van der Waals surface area contributed by atoms with Crippen LogP contribution in [-0.2, 0) is 17.1 Å². The highest BCUT2D eigenvalue weighted by Gasteiger charge is 2.47. The van der Waals surface area contributed by atoms with Gasteiger partial charge in [-0.15, -0.1) is 23.4 Å². The van der Waals surface area contributed by atoms with Crippen molar-refractivity contribution >= 4 is 29.3 Å². The number of benzene rings is 2. The van der Waals surface area contributed by atoms with Gasteiger partial charge in [-0.05, 0) is 37.8 Å². The third-order valence-corrected chi connectivity index (χ3v) is 7.53. The van der Waals surface area contributed by atoms with Gasteiger partial charge in [0.15, 0.2) is 0 Å². The molecule has 0 bridgehead atoms. The first-order chi connectivity index (χ1) is 13.0. The van der Waals surface area contributed by atoms with E-state index in [1.807, 2.05) is 48.5 Å². The van der Waals surface area contributed by atoms with Crippen molar-refractivity contribution in [2.45, 2.75) is 49.1 Å². The maximum Gasteiger partial charge on any atom is 0.238 e. The molecule has 1 aliphatic carbocycles. The van der Waals surface area contributed by atoms with Crippen LogP contribution >= 0.6 is 23.4 Å². The predicted molar refractivity (Wildman–Crippen MR) is 116 cm³/mol. The van der Waals surface area contributed by atoms with Gasteiger partial charge in [0.05, 0.1) is 5.38 Å². The summed E-state index contributed by atoms with van der Waals surface area (Å²) >= 11 is 8.50. The quantitative estimate of drug-likeness (QED) is 0.497. The van der Waals surface area contributed by atoms with E-state index in [1.54, 1.807) is 11.8 Å². The average molecular weight is 400 g/mol. The fourth-order valence-corrected chi connectivity index (χ4v) is 5.41. The Balaban J connectivity index is 1.79. The van der Waals surface area contributed by atoms with Gasteiger partial charge in [0.1, 0.15) is 4.75 Å². The van der Waals surface area contributed by atoms with Crippen molar-refractivity contribution in [3.05, 3.63) is 82.9 Å². The normalized spacial score (nSPS) is 22.6. The zero-order valence-corrected chi connectivity index (χ0v) is 17.4. The molecular weight excluding hydrogens is 374 g/mol. The smallest absolute Gasteiger partial charge is 0.238 e. The van der Waals surface area contributed by atoms with Gasteiger partial charge in [-0.25, -0.2) is 0 Å². The minimum atomic E-state index is -0.643. The van der Waals surface area contributed by atoms with E-state index in [4.69, 9.17) is 11.6 Å². The van der Waals surface area contributed by atoms with Crippen LogP contribution in [0, 0.1) is 0 Å². The number of carbonyl (C=O) groups is 1. The molecule has 27 heavy (non-hydrogen) atoms. The number of nitrogens with one attached hydrogen (secondary N) is 1. The molecule has 1 N–H and O–H groups in total. The largest absolute Gasteiger partial charge is 0.351 e. The number of alkyl halides is 1. The summed E-state index contributed by atoms with van der Waals surface area (Å²) in [6.07, 6.45) is 1.46. The summed E-state index contributed by atoms with van der Waals surface area (Å²) in [5.74, 6) is 0.814. The van der Waals surface area contributed by atoms with Crippen LogP contribution in [0.4, 0.5) is 0 Å². The van der Waals surface area contributed by atoms with Crippen LogP contribution in [0.5, 0.6) is 0 Å². The summed E-state index contributed by atoms with van der Waals surface area (Å²) in [5, 5.41) is 2.93. The van der Waals surface area contributed by atoms with Crippen molar-refractivity contribution in [3.63, 3.8) is 0 Å². The third-order valence-electron chi connectivity index (χ3n) is 5.27. The molecule has 2 aromatic carbocycles. The molecule has 0 aliphatic heterocycles. The van der Waals surface area contributed by atoms with Gasteiger partial charge in [0.2, 0.25) is 5.91 Å². The highest BCUT2D eigenvalue weighted by atomic mass is 35.5. The van der Waals surface area contributed by atoms with Gasteiger partial charge in [-0.2, -0.15) is 0 Å². The summed E-state index contributed by atoms with van der Waals surface area (Å²) < 4.78 is -0.643. The second-order valence-corrected chi connectivity index (χ2v) is 9.07. The summed E-state index contributed by atoms with van der Waals surface area (Å²) in [5.41, 5.74) is 4.90. The summed E-state index contributed by atoms with van der Waals surface area (Å²) in [6.45, 7) is 4.78. The Morgan fingerprint density at radius 3 is 2.26 bits per heavy atom. The van der Waals surface area contributed by atoms with Crippen molar-refractivity contribution in [1.82, 2.24) is 5.32 Å². The van der Waals surface area contributed by atoms with E-state index in [1.165, 1.54) is 16.7 Å². The number of rotatable bonds is 6. The Morgan fingerprint density at radius 2 is 1.63 bits per heavy atom. The highest BCUT2D eigenvalue weighted by Crippen LogP contribution is 2.46. The average Bonchev–Trinajstić information content (AvgIpc) is 2.69. The predicted octanol–water partition coefficient (Wildman–Crippen LogP) is 5.71. The van der Waals surface area contributed by atoms with E-state index in [9.17, 15) is 4.79 Å². The van der Waals surface area contributed by atoms with Crippen LogP contribution in [0.3, 0.4) is 0 Å². The molecule has 0 fully saturated rings. The summed E-state index contributed by atoms with van der Waals surface area (Å²) in [4.78, 5) is 13.3. The molecule has 0 saturated heterocycles. The first kappa shape index (κ1) is 20.0. The van der Waals surface area contributed by atoms with Crippen molar-refractivity contribution in [2.75, 3.05) is 0 Å². The molecule has 1 amide bonds. The Kier molecular flexibility index (Phi) is 6.67. The zero-order chi connectivity index (χ0) is 19.3. The maximum absolute atomic E-state index is 13.3. The summed E-state index contributed by atoms with van der Waals surface area (Å²) in [6, 6.07) is 20.3. The molecule has 2 atom stereocenters. The first-order valence-electron chi connectivity index (χ1n) is 9.30. The highest BCUT2D eigenvalue weighted by molar-refractivity contribution is 8.00. The topological polar surface area (TPSA) is 29.1 Å². The molecule has 4 heteroatoms. The number of allylic oxidation sites excluding steroid dienone is 2. The minimum absolute atomic E-state index is 0.0409. The lowest BCUT2D eigenvalue weighted by Crippen LogP contribution is -2.52. The maximum atomic E-state index is 13.3. The Labute approximate surface area is 171 Å². The lowest BCUT2D eigenvalue weighted by atomic mass is 9.83.